The van der Waals surface area contributed by atoms with Crippen LogP contribution >= 0.6 is 34.8 Å². The van der Waals surface area contributed by atoms with E-state index in [0.717, 1.165) is 19.8 Å². The minimum atomic E-state index is -1.78. The van der Waals surface area contributed by atoms with Gasteiger partial charge in [-0.2, -0.15) is 5.11 Å². The number of benzene rings is 6. The molecule has 0 unspecified atom stereocenters. The average Bonchev–Trinajstić information content (AvgIpc) is 1.16. The molecule has 0 fully saturated rings. The number of halogens is 6. The molecule has 0 radical (unpaired) electrons. The first-order chi connectivity index (χ1) is 58.2. The fraction of sp³-hybridized carbons (Fsp3) is 0.329. The van der Waals surface area contributed by atoms with E-state index in [-0.39, 0.29) is 94.6 Å². The van der Waals surface area contributed by atoms with Gasteiger partial charge in [0, 0.05) is 64.5 Å². The van der Waals surface area contributed by atoms with Crippen molar-refractivity contribution in [2.75, 3.05) is 67.1 Å². The van der Waals surface area contributed by atoms with Crippen LogP contribution in [-0.4, -0.2) is 238 Å². The van der Waals surface area contributed by atoms with Crippen molar-refractivity contribution in [3.63, 3.8) is 0 Å². The number of nitrogens with zero attached hydrogens (tertiary/aromatic N) is 14. The zero-order valence-corrected chi connectivity index (χ0v) is 68.5. The molecule has 7 N–H and O–H groups in total. The number of ether oxygens (including phenoxy) is 6. The lowest BCUT2D eigenvalue weighted by Crippen LogP contribution is -2.50. The molecule has 5 atom stereocenters. The van der Waals surface area contributed by atoms with E-state index in [1.54, 1.807) is 100 Å². The quantitative estimate of drug-likeness (QED) is 0.00480. The number of carboxylic acids is 1. The molecule has 0 spiro atoms. The van der Waals surface area contributed by atoms with Gasteiger partial charge in [0.05, 0.1) is 46.9 Å². The van der Waals surface area contributed by atoms with Crippen LogP contribution in [0.5, 0.6) is 0 Å². The normalized spacial score (nSPS) is 12.7. The molecular weight excluding hydrogens is 1670 g/mol. The summed E-state index contributed by atoms with van der Waals surface area (Å²) in [5, 5.41) is 79.8. The first kappa shape index (κ1) is 96.5. The number of aliphatic hydroxyl groups is 3. The molecule has 8 aromatic rings. The molecule has 1 aliphatic rings. The van der Waals surface area contributed by atoms with Crippen LogP contribution in [0, 0.1) is 29.3 Å². The van der Waals surface area contributed by atoms with Gasteiger partial charge >= 0.3 is 42.0 Å². The average molecular weight is 1760 g/mol. The number of alkyl carbamates (subject to hydrolysis) is 2. The van der Waals surface area contributed by atoms with Gasteiger partial charge in [0.15, 0.2) is 24.0 Å². The minimum absolute atomic E-state index is 0.000204. The monoisotopic (exact) mass is 1750 g/mol. The molecule has 0 saturated carbocycles. The van der Waals surface area contributed by atoms with Gasteiger partial charge in [-0.3, -0.25) is 29.6 Å². The standard InChI is InChI=1S/C30H34ClFN6O8.C27H30ClFN6O8.C22H21ClFN5O4/c1-5-12-38-27(34-35-36-38)24(39)15-37(14-19-6-8-20(9-7-19)22-13-21(31)10-11-23(22)32)16-25(40)28(41)45-17-46-29(42)26(18(2)3)33-30(43)44-4;1-15(2)23(31-27(40)41-3)26(39)43-14-42-25(38)22(36)13-35(33-24(37)21-11-30-34-32-21)12-16-4-6-17(7-5-16)19-10-18(28)8-9-20(19)29;1-2-9-29-21(25-26-27-29)19(30)12-28(13-20(31)22(32)33)11-14-3-5-15(6-4-14)17-10-16(23)7-8-18(17)24/h5-11,13,18,25-26,40H,1,12,14-17H2,2-4H3,(H,33,43);4-10,15,22-23,36H,11-14H2,1-3H3,(H,31,40)(H,33,37);2-8,10,20,31H,1,9,11-13H2,(H,32,33)/t25-,26+;22-,23+;20-/m111/s1. The van der Waals surface area contributed by atoms with Crippen LogP contribution in [0.25, 0.3) is 33.4 Å². The summed E-state index contributed by atoms with van der Waals surface area (Å²) < 4.78 is 73.9. The number of esters is 4. The third-order valence-corrected chi connectivity index (χ3v) is 18.0. The number of carbonyl (C=O) groups is 10. The first-order valence-corrected chi connectivity index (χ1v) is 37.8. The number of methoxy groups -OCH3 is 2. The SMILES string of the molecule is C=CCn1nnnc1C(=O)CN(Cc1ccc(-c2cc(Cl)ccc2F)cc1)C[C@@H](O)C(=O)O.C=CCn1nnnc1C(=O)CN(Cc1ccc(-c2cc(Cl)ccc2F)cc1)C[C@@H](O)C(=O)OCOC(=O)[C@@H](NC(=O)OC)C(C)C.COC(=O)N[C@H](C(=O)OCOC(=O)[C@H](O)CN(Cc1ccc(-c2cc(Cl)ccc2F)cc1)NC(=O)C1=NN=NC1)C(C)C. The minimum Gasteiger partial charge on any atom is -0.479 e. The Labute approximate surface area is 709 Å². The molecule has 122 heavy (non-hydrogen) atoms. The molecule has 1 aliphatic heterocycles. The predicted molar refractivity (Wildman–Crippen MR) is 430 cm³/mol. The van der Waals surface area contributed by atoms with Crippen molar-refractivity contribution < 1.29 is 110 Å². The van der Waals surface area contributed by atoms with Gasteiger partial charge < -0.3 is 59.5 Å². The number of hydrogen-bond acceptors (Lipinski definition) is 31. The zero-order chi connectivity index (χ0) is 89.3. The fourth-order valence-corrected chi connectivity index (χ4v) is 11.6. The summed E-state index contributed by atoms with van der Waals surface area (Å²) in [5.41, 5.74) is 7.25. The van der Waals surface area contributed by atoms with Crippen LogP contribution in [0.4, 0.5) is 22.8 Å². The number of aliphatic carboxylic acids is 1. The second-order valence-electron chi connectivity index (χ2n) is 27.0. The van der Waals surface area contributed by atoms with Crippen molar-refractivity contribution in [1.82, 2.24) is 71.3 Å². The first-order valence-electron chi connectivity index (χ1n) is 36.7. The van der Waals surface area contributed by atoms with Crippen molar-refractivity contribution in [1.29, 1.82) is 0 Å². The predicted octanol–water partition coefficient (Wildman–Crippen LogP) is 7.82. The van der Waals surface area contributed by atoms with Crippen molar-refractivity contribution >= 4 is 100 Å². The van der Waals surface area contributed by atoms with Gasteiger partial charge in [-0.25, -0.2) is 61.1 Å². The summed E-state index contributed by atoms with van der Waals surface area (Å²) in [6.07, 6.45) is -3.89. The maximum Gasteiger partial charge on any atom is 0.407 e. The van der Waals surface area contributed by atoms with Crippen molar-refractivity contribution in [2.45, 2.75) is 90.8 Å². The molecule has 9 rings (SSSR count). The molecule has 2 aromatic heterocycles. The molecule has 0 bridgehead atoms. The van der Waals surface area contributed by atoms with Crippen molar-refractivity contribution in [3.05, 3.63) is 214 Å². The van der Waals surface area contributed by atoms with Crippen LogP contribution in [0.15, 0.2) is 168 Å². The van der Waals surface area contributed by atoms with Gasteiger partial charge in [-0.15, -0.1) is 28.5 Å². The largest absolute Gasteiger partial charge is 0.479 e. The molecule has 0 saturated heterocycles. The van der Waals surface area contributed by atoms with E-state index in [9.17, 15) is 76.4 Å². The van der Waals surface area contributed by atoms with Gasteiger partial charge in [0.1, 0.15) is 36.1 Å². The third-order valence-electron chi connectivity index (χ3n) is 17.3. The second-order valence-corrected chi connectivity index (χ2v) is 28.4. The van der Waals surface area contributed by atoms with E-state index in [1.165, 1.54) is 90.9 Å². The number of ketones is 2. The molecule has 6 aromatic carbocycles. The molecule has 43 heteroatoms. The zero-order valence-electron chi connectivity index (χ0n) is 66.3. The van der Waals surface area contributed by atoms with Gasteiger partial charge in [0.2, 0.25) is 36.8 Å². The molecule has 648 valence electrons. The van der Waals surface area contributed by atoms with Crippen LogP contribution in [0.1, 0.15) is 65.6 Å². The number of aliphatic hydroxyl groups excluding tert-OH is 3. The van der Waals surface area contributed by atoms with E-state index < -0.39 is 127 Å². The van der Waals surface area contributed by atoms with E-state index in [0.29, 0.717) is 59.6 Å². The number of hydrogen-bond donors (Lipinski definition) is 7. The van der Waals surface area contributed by atoms with Crippen LogP contribution in [-0.2, 0) is 89.9 Å². The number of Topliss-reactive ketones (excluding diaryl/α,β-unsaturated/α-hetero) is 2. The molecule has 0 aliphatic carbocycles. The number of hydrazine groups is 1. The van der Waals surface area contributed by atoms with E-state index in [1.807, 2.05) is 0 Å². The number of carbonyl (C=O) groups excluding carboxylic acids is 9. The Hall–Kier alpha value is -12.7. The summed E-state index contributed by atoms with van der Waals surface area (Å²) >= 11 is 18.0. The maximum absolute atomic E-state index is 14.4. The number of amides is 3. The summed E-state index contributed by atoms with van der Waals surface area (Å²) in [4.78, 5) is 125. The Morgan fingerprint density at radius 1 is 0.516 bits per heavy atom. The summed E-state index contributed by atoms with van der Waals surface area (Å²) in [7, 11) is 2.27. The second kappa shape index (κ2) is 47.9. The van der Waals surface area contributed by atoms with Gasteiger partial charge in [0.25, 0.3) is 5.91 Å². The Bertz CT molecular complexity index is 5050. The number of carboxylic acid groups (broad SMARTS) is 1. The highest BCUT2D eigenvalue weighted by Gasteiger charge is 2.32. The Morgan fingerprint density at radius 3 is 1.22 bits per heavy atom. The highest BCUT2D eigenvalue weighted by molar-refractivity contribution is 6.39. The van der Waals surface area contributed by atoms with Gasteiger partial charge in [-0.05, 0) is 126 Å². The van der Waals surface area contributed by atoms with Crippen molar-refractivity contribution in [2.24, 2.45) is 27.3 Å². The van der Waals surface area contributed by atoms with E-state index in [4.69, 9.17) is 58.9 Å². The van der Waals surface area contributed by atoms with Crippen LogP contribution in [0.2, 0.25) is 15.1 Å². The molecule has 37 nitrogen and oxygen atoms in total. The smallest absolute Gasteiger partial charge is 0.407 e. The fourth-order valence-electron chi connectivity index (χ4n) is 11.1. The van der Waals surface area contributed by atoms with Crippen molar-refractivity contribution in [3.8, 4) is 33.4 Å². The number of allylic oxidation sites excluding steroid dienone is 2. The number of nitrogens with one attached hydrogen (secondary N) is 3. The van der Waals surface area contributed by atoms with E-state index in [2.05, 4.69) is 85.2 Å². The number of tetrazole rings is 2. The summed E-state index contributed by atoms with van der Waals surface area (Å²) in [6.45, 7) is 11.1. The highest BCUT2D eigenvalue weighted by Crippen LogP contribution is 2.30. The van der Waals surface area contributed by atoms with Crippen LogP contribution in [0.3, 0.4) is 0 Å². The van der Waals surface area contributed by atoms with Crippen LogP contribution < -0.4 is 16.1 Å². The maximum atomic E-state index is 14.4. The number of aromatic nitrogens is 8. The number of rotatable bonds is 40. The molecular formula is C79H85Cl3F3N17O20. The summed E-state index contributed by atoms with van der Waals surface area (Å²) in [6, 6.07) is 30.8. The molecule has 3 heterocycles. The Balaban J connectivity index is 0.000000255. The lowest BCUT2D eigenvalue weighted by molar-refractivity contribution is -0.177. The Kier molecular flexibility index (Phi) is 37.9. The lowest BCUT2D eigenvalue weighted by Gasteiger charge is -2.25. The Morgan fingerprint density at radius 2 is 0.877 bits per heavy atom. The lowest BCUT2D eigenvalue weighted by atomic mass is 10.0. The summed E-state index contributed by atoms with van der Waals surface area (Å²) in [5.74, 6) is -9.17. The third kappa shape index (κ3) is 29.9. The van der Waals surface area contributed by atoms with E-state index >= 15 is 0 Å². The molecule has 3 amide bonds. The highest BCUT2D eigenvalue weighted by atomic mass is 35.5. The van der Waals surface area contributed by atoms with Gasteiger partial charge in [-0.1, -0.05) is 147 Å². The topological polar surface area (TPSA) is 477 Å².